The number of carbonyl (C=O) groups excluding carboxylic acids is 2. The average Bonchev–Trinajstić information content (AvgIpc) is 3.52. The van der Waals surface area contributed by atoms with Gasteiger partial charge in [0.25, 0.3) is 0 Å². The second-order valence-electron chi connectivity index (χ2n) is 8.18. The van der Waals surface area contributed by atoms with E-state index in [0.29, 0.717) is 28.0 Å². The molecule has 0 radical (unpaired) electrons. The number of nitrogens with one attached hydrogen (secondary N) is 1. The van der Waals surface area contributed by atoms with Crippen LogP contribution in [0.3, 0.4) is 0 Å². The van der Waals surface area contributed by atoms with Gasteiger partial charge in [0.05, 0.1) is 23.7 Å². The lowest BCUT2D eigenvalue weighted by Gasteiger charge is -2.08. The summed E-state index contributed by atoms with van der Waals surface area (Å²) in [6.45, 7) is 8.46. The highest BCUT2D eigenvalue weighted by Crippen LogP contribution is 2.36. The number of aromatic nitrogens is 3. The van der Waals surface area contributed by atoms with Gasteiger partial charge in [-0.15, -0.1) is 39.9 Å². The Labute approximate surface area is 234 Å². The lowest BCUT2D eigenvalue weighted by atomic mass is 10.1. The number of hydrogen-bond acceptors (Lipinski definition) is 8. The quantitative estimate of drug-likeness (QED) is 0.116. The molecule has 0 saturated carbocycles. The van der Waals surface area contributed by atoms with Crippen LogP contribution in [-0.4, -0.2) is 39.0 Å². The largest absolute Gasteiger partial charge is 0.462 e. The fourth-order valence-corrected chi connectivity index (χ4v) is 6.18. The maximum Gasteiger partial charge on any atom is 0.341 e. The molecule has 0 saturated heterocycles. The molecule has 10 heteroatoms. The van der Waals surface area contributed by atoms with Gasteiger partial charge in [-0.2, -0.15) is 0 Å². The van der Waals surface area contributed by atoms with E-state index >= 15 is 0 Å². The van der Waals surface area contributed by atoms with Gasteiger partial charge in [-0.25, -0.2) is 4.79 Å². The molecule has 0 aliphatic carbocycles. The molecule has 1 N–H and O–H groups in total. The van der Waals surface area contributed by atoms with E-state index in [4.69, 9.17) is 4.74 Å². The molecule has 4 rings (SSSR count). The molecule has 1 amide bonds. The number of amides is 1. The van der Waals surface area contributed by atoms with E-state index in [9.17, 15) is 9.59 Å². The van der Waals surface area contributed by atoms with Gasteiger partial charge in [-0.1, -0.05) is 65.9 Å². The summed E-state index contributed by atoms with van der Waals surface area (Å²) in [6.07, 6.45) is 1.79. The standard InChI is InChI=1S/C28H28N4O3S3/c1-4-15-32-24(17-36-21-13-11-19(3)12-14-21)30-31-28(32)37-18-25(33)29-26-22(27(34)35-5-2)16-23(38-26)20-9-7-6-8-10-20/h4,6-14,16H,1,5,15,17-18H2,2-3H3,(H,29,33). The Morgan fingerprint density at radius 3 is 2.58 bits per heavy atom. The van der Waals surface area contributed by atoms with Crippen LogP contribution in [0.15, 0.2) is 83.4 Å². The first kappa shape index (κ1) is 27.7. The van der Waals surface area contributed by atoms with E-state index in [0.717, 1.165) is 21.2 Å². The zero-order chi connectivity index (χ0) is 26.9. The fourth-order valence-electron chi connectivity index (χ4n) is 3.51. The summed E-state index contributed by atoms with van der Waals surface area (Å²) in [4.78, 5) is 27.5. The predicted octanol–water partition coefficient (Wildman–Crippen LogP) is 6.70. The third-order valence-electron chi connectivity index (χ3n) is 5.37. The highest BCUT2D eigenvalue weighted by Gasteiger charge is 2.21. The van der Waals surface area contributed by atoms with Crippen LogP contribution in [0.4, 0.5) is 5.00 Å². The van der Waals surface area contributed by atoms with Crippen molar-refractivity contribution >= 4 is 51.7 Å². The monoisotopic (exact) mass is 564 g/mol. The number of benzene rings is 2. The molecule has 0 atom stereocenters. The van der Waals surface area contributed by atoms with E-state index in [1.165, 1.54) is 28.7 Å². The van der Waals surface area contributed by atoms with Crippen molar-refractivity contribution in [2.24, 2.45) is 0 Å². The summed E-state index contributed by atoms with van der Waals surface area (Å²) < 4.78 is 7.18. The van der Waals surface area contributed by atoms with Gasteiger partial charge in [0, 0.05) is 16.3 Å². The summed E-state index contributed by atoms with van der Waals surface area (Å²) in [5.74, 6) is 0.868. The SMILES string of the molecule is C=CCn1c(CSc2ccc(C)cc2)nnc1SCC(=O)Nc1sc(-c2ccccc2)cc1C(=O)OCC. The number of hydrogen-bond donors (Lipinski definition) is 1. The van der Waals surface area contributed by atoms with Crippen LogP contribution < -0.4 is 5.32 Å². The number of allylic oxidation sites excluding steroid dienone is 1. The molecule has 4 aromatic rings. The van der Waals surface area contributed by atoms with Crippen molar-refractivity contribution in [3.8, 4) is 10.4 Å². The number of nitrogens with zero attached hydrogens (tertiary/aromatic N) is 3. The van der Waals surface area contributed by atoms with Gasteiger partial charge in [0.1, 0.15) is 10.8 Å². The van der Waals surface area contributed by atoms with E-state index in [1.54, 1.807) is 30.8 Å². The zero-order valence-corrected chi connectivity index (χ0v) is 23.6. The van der Waals surface area contributed by atoms with Crippen molar-refractivity contribution in [1.82, 2.24) is 14.8 Å². The van der Waals surface area contributed by atoms with Crippen molar-refractivity contribution in [2.45, 2.75) is 36.2 Å². The molecule has 38 heavy (non-hydrogen) atoms. The number of aryl methyl sites for hydroxylation is 1. The van der Waals surface area contributed by atoms with Gasteiger partial charge >= 0.3 is 5.97 Å². The van der Waals surface area contributed by atoms with Crippen molar-refractivity contribution in [2.75, 3.05) is 17.7 Å². The lowest BCUT2D eigenvalue weighted by molar-refractivity contribution is -0.113. The number of esters is 1. The van der Waals surface area contributed by atoms with Gasteiger partial charge in [-0.3, -0.25) is 4.79 Å². The van der Waals surface area contributed by atoms with E-state index in [1.807, 2.05) is 34.9 Å². The number of thioether (sulfide) groups is 2. The first-order valence-electron chi connectivity index (χ1n) is 12.0. The van der Waals surface area contributed by atoms with Crippen LogP contribution in [0.2, 0.25) is 0 Å². The molecule has 0 fully saturated rings. The maximum atomic E-state index is 12.9. The van der Waals surface area contributed by atoms with Crippen LogP contribution in [0.25, 0.3) is 10.4 Å². The van der Waals surface area contributed by atoms with Crippen molar-refractivity contribution in [3.05, 3.63) is 90.3 Å². The summed E-state index contributed by atoms with van der Waals surface area (Å²) in [5, 5.41) is 12.7. The van der Waals surface area contributed by atoms with Crippen LogP contribution in [-0.2, 0) is 21.8 Å². The Balaban J connectivity index is 1.44. The van der Waals surface area contributed by atoms with Crippen LogP contribution in [0, 0.1) is 6.92 Å². The molecule has 2 aromatic carbocycles. The normalized spacial score (nSPS) is 10.8. The van der Waals surface area contributed by atoms with E-state index in [-0.39, 0.29) is 18.3 Å². The smallest absolute Gasteiger partial charge is 0.341 e. The van der Waals surface area contributed by atoms with Gasteiger partial charge in [0.15, 0.2) is 5.16 Å². The first-order chi connectivity index (χ1) is 18.5. The minimum atomic E-state index is -0.463. The average molecular weight is 565 g/mol. The lowest BCUT2D eigenvalue weighted by Crippen LogP contribution is -2.16. The summed E-state index contributed by atoms with van der Waals surface area (Å²) >= 11 is 4.32. The highest BCUT2D eigenvalue weighted by molar-refractivity contribution is 7.99. The van der Waals surface area contributed by atoms with Gasteiger partial charge in [-0.05, 0) is 37.6 Å². The molecule has 7 nitrogen and oxygen atoms in total. The molecule has 0 unspecified atom stereocenters. The molecular weight excluding hydrogens is 537 g/mol. The van der Waals surface area contributed by atoms with Crippen molar-refractivity contribution in [1.29, 1.82) is 0 Å². The zero-order valence-electron chi connectivity index (χ0n) is 21.2. The second kappa shape index (κ2) is 13.5. The fraction of sp³-hybridized carbons (Fsp3) is 0.214. The first-order valence-corrected chi connectivity index (χ1v) is 14.8. The van der Waals surface area contributed by atoms with Gasteiger partial charge < -0.3 is 14.6 Å². The molecule has 0 bridgehead atoms. The number of ether oxygens (including phenoxy) is 1. The van der Waals surface area contributed by atoms with E-state index in [2.05, 4.69) is 53.3 Å². The Bertz CT molecular complexity index is 1400. The Morgan fingerprint density at radius 1 is 1.11 bits per heavy atom. The topological polar surface area (TPSA) is 86.1 Å². The molecule has 0 aliphatic heterocycles. The number of rotatable bonds is 12. The summed E-state index contributed by atoms with van der Waals surface area (Å²) in [7, 11) is 0. The predicted molar refractivity (Wildman–Crippen MR) is 156 cm³/mol. The minimum Gasteiger partial charge on any atom is -0.462 e. The summed E-state index contributed by atoms with van der Waals surface area (Å²) in [6, 6.07) is 19.8. The third kappa shape index (κ3) is 7.15. The molecule has 2 aromatic heterocycles. The Hall–Kier alpha value is -3.34. The summed E-state index contributed by atoms with van der Waals surface area (Å²) in [5.41, 5.74) is 2.53. The molecule has 2 heterocycles. The number of thiophene rings is 1. The third-order valence-corrected chi connectivity index (χ3v) is 8.44. The highest BCUT2D eigenvalue weighted by atomic mass is 32.2. The van der Waals surface area contributed by atoms with Crippen LogP contribution >= 0.6 is 34.9 Å². The van der Waals surface area contributed by atoms with Crippen molar-refractivity contribution in [3.63, 3.8) is 0 Å². The maximum absolute atomic E-state index is 12.9. The molecule has 0 aliphatic rings. The number of anilines is 1. The Morgan fingerprint density at radius 2 is 1.87 bits per heavy atom. The van der Waals surface area contributed by atoms with Crippen LogP contribution in [0.1, 0.15) is 28.7 Å². The Kier molecular flexibility index (Phi) is 9.80. The second-order valence-corrected chi connectivity index (χ2v) is 11.2. The van der Waals surface area contributed by atoms with Gasteiger partial charge in [0.2, 0.25) is 5.91 Å². The number of carbonyl (C=O) groups is 2. The minimum absolute atomic E-state index is 0.112. The molecule has 196 valence electrons. The molecule has 0 spiro atoms. The van der Waals surface area contributed by atoms with Crippen molar-refractivity contribution < 1.29 is 14.3 Å². The molecular formula is C28H28N4O3S3. The van der Waals surface area contributed by atoms with Crippen LogP contribution in [0.5, 0.6) is 0 Å². The van der Waals surface area contributed by atoms with E-state index < -0.39 is 5.97 Å².